The first-order valence-electron chi connectivity index (χ1n) is 10.6. The average molecular weight is 393 g/mol. The number of hydrogen-bond donors (Lipinski definition) is 1. The molecule has 0 saturated carbocycles. The molecule has 0 unspecified atom stereocenters. The third-order valence-corrected chi connectivity index (χ3v) is 5.87. The molecule has 4 nitrogen and oxygen atoms in total. The first-order valence-corrected chi connectivity index (χ1v) is 10.6. The van der Waals surface area contributed by atoms with Crippen LogP contribution in [-0.4, -0.2) is 29.8 Å². The Kier molecular flexibility index (Phi) is 6.73. The van der Waals surface area contributed by atoms with Gasteiger partial charge in [-0.2, -0.15) is 0 Å². The standard InChI is InChI=1S/C25H32N2O2/c1-17(2)22-7-5-6-19(4)24(22)26-25(29)21-12-14-27(15-13-21)23(28)16-20-10-8-18(3)9-11-20/h5-11,17,21H,12-16H2,1-4H3,(H,26,29). The summed E-state index contributed by atoms with van der Waals surface area (Å²) in [6.45, 7) is 9.66. The minimum Gasteiger partial charge on any atom is -0.342 e. The van der Waals surface area contributed by atoms with Crippen LogP contribution >= 0.6 is 0 Å². The Balaban J connectivity index is 1.56. The summed E-state index contributed by atoms with van der Waals surface area (Å²) in [6, 6.07) is 14.3. The van der Waals surface area contributed by atoms with E-state index in [4.69, 9.17) is 0 Å². The Morgan fingerprint density at radius 2 is 1.69 bits per heavy atom. The van der Waals surface area contributed by atoms with E-state index >= 15 is 0 Å². The molecule has 2 aromatic carbocycles. The van der Waals surface area contributed by atoms with Crippen LogP contribution in [0.25, 0.3) is 0 Å². The van der Waals surface area contributed by atoms with Crippen LogP contribution in [0, 0.1) is 19.8 Å². The van der Waals surface area contributed by atoms with Crippen LogP contribution < -0.4 is 5.32 Å². The van der Waals surface area contributed by atoms with Gasteiger partial charge >= 0.3 is 0 Å². The van der Waals surface area contributed by atoms with E-state index in [1.807, 2.05) is 55.1 Å². The number of anilines is 1. The first-order chi connectivity index (χ1) is 13.8. The summed E-state index contributed by atoms with van der Waals surface area (Å²) < 4.78 is 0. The number of amides is 2. The van der Waals surface area contributed by atoms with E-state index in [1.165, 1.54) is 11.1 Å². The van der Waals surface area contributed by atoms with Gasteiger partial charge in [-0.15, -0.1) is 0 Å². The Hall–Kier alpha value is -2.62. The highest BCUT2D eigenvalue weighted by molar-refractivity contribution is 5.94. The van der Waals surface area contributed by atoms with Crippen molar-refractivity contribution in [3.05, 3.63) is 64.7 Å². The van der Waals surface area contributed by atoms with E-state index in [2.05, 4.69) is 25.2 Å². The lowest BCUT2D eigenvalue weighted by Crippen LogP contribution is -2.42. The lowest BCUT2D eigenvalue weighted by Gasteiger charge is -2.32. The van der Waals surface area contributed by atoms with Crippen molar-refractivity contribution < 1.29 is 9.59 Å². The third-order valence-electron chi connectivity index (χ3n) is 5.87. The van der Waals surface area contributed by atoms with E-state index in [9.17, 15) is 9.59 Å². The van der Waals surface area contributed by atoms with E-state index in [-0.39, 0.29) is 17.7 Å². The lowest BCUT2D eigenvalue weighted by atomic mass is 9.94. The second-order valence-corrected chi connectivity index (χ2v) is 8.50. The second-order valence-electron chi connectivity index (χ2n) is 8.50. The van der Waals surface area contributed by atoms with E-state index in [0.717, 1.165) is 16.8 Å². The van der Waals surface area contributed by atoms with Crippen molar-refractivity contribution in [3.8, 4) is 0 Å². The summed E-state index contributed by atoms with van der Waals surface area (Å²) in [6.07, 6.45) is 1.86. The molecule has 1 aliphatic rings. The average Bonchev–Trinajstić information content (AvgIpc) is 2.71. The largest absolute Gasteiger partial charge is 0.342 e. The fourth-order valence-electron chi connectivity index (χ4n) is 3.95. The van der Waals surface area contributed by atoms with Gasteiger partial charge in [-0.05, 0) is 49.3 Å². The van der Waals surface area contributed by atoms with Crippen molar-refractivity contribution in [2.45, 2.75) is 52.9 Å². The summed E-state index contributed by atoms with van der Waals surface area (Å²) in [5.74, 6) is 0.532. The molecule has 0 bridgehead atoms. The number of nitrogens with zero attached hydrogens (tertiary/aromatic N) is 1. The van der Waals surface area contributed by atoms with Gasteiger partial charge in [0.25, 0.3) is 0 Å². The summed E-state index contributed by atoms with van der Waals surface area (Å²) in [4.78, 5) is 27.4. The number of carbonyl (C=O) groups excluding carboxylic acids is 2. The van der Waals surface area contributed by atoms with Gasteiger partial charge in [0.2, 0.25) is 11.8 Å². The van der Waals surface area contributed by atoms with E-state index in [0.29, 0.717) is 38.3 Å². The predicted octanol–water partition coefficient (Wildman–Crippen LogP) is 4.85. The van der Waals surface area contributed by atoms with Gasteiger partial charge in [-0.25, -0.2) is 0 Å². The molecule has 29 heavy (non-hydrogen) atoms. The number of piperidine rings is 1. The van der Waals surface area contributed by atoms with Gasteiger partial charge in [-0.1, -0.05) is 61.9 Å². The Morgan fingerprint density at radius 3 is 2.31 bits per heavy atom. The second kappa shape index (κ2) is 9.25. The van der Waals surface area contributed by atoms with Crippen LogP contribution in [0.4, 0.5) is 5.69 Å². The summed E-state index contributed by atoms with van der Waals surface area (Å²) in [5.41, 5.74) is 5.45. The lowest BCUT2D eigenvalue weighted by molar-refractivity contribution is -0.133. The maximum Gasteiger partial charge on any atom is 0.227 e. The number of benzene rings is 2. The molecule has 0 spiro atoms. The molecule has 154 valence electrons. The smallest absolute Gasteiger partial charge is 0.227 e. The van der Waals surface area contributed by atoms with E-state index < -0.39 is 0 Å². The number of likely N-dealkylation sites (tertiary alicyclic amines) is 1. The zero-order valence-corrected chi connectivity index (χ0v) is 18.0. The van der Waals surface area contributed by atoms with Crippen LogP contribution in [0.2, 0.25) is 0 Å². The molecule has 3 rings (SSSR count). The maximum absolute atomic E-state index is 12.9. The van der Waals surface area contributed by atoms with Crippen LogP contribution in [-0.2, 0) is 16.0 Å². The molecule has 1 N–H and O–H groups in total. The molecule has 1 aliphatic heterocycles. The van der Waals surface area contributed by atoms with Gasteiger partial charge in [0.1, 0.15) is 0 Å². The normalized spacial score (nSPS) is 14.9. The van der Waals surface area contributed by atoms with Gasteiger partial charge < -0.3 is 10.2 Å². The molecular formula is C25H32N2O2. The maximum atomic E-state index is 12.9. The van der Waals surface area contributed by atoms with E-state index in [1.54, 1.807) is 0 Å². The van der Waals surface area contributed by atoms with Crippen molar-refractivity contribution in [2.24, 2.45) is 5.92 Å². The van der Waals surface area contributed by atoms with Gasteiger partial charge in [0, 0.05) is 24.7 Å². The molecule has 1 fully saturated rings. The molecule has 4 heteroatoms. The molecule has 0 radical (unpaired) electrons. The minimum absolute atomic E-state index is 0.0435. The molecule has 1 heterocycles. The molecule has 2 amide bonds. The van der Waals surface area contributed by atoms with Crippen LogP contribution in [0.5, 0.6) is 0 Å². The number of hydrogen-bond acceptors (Lipinski definition) is 2. The highest BCUT2D eigenvalue weighted by Gasteiger charge is 2.28. The monoisotopic (exact) mass is 392 g/mol. The number of aryl methyl sites for hydroxylation is 2. The Bertz CT molecular complexity index is 863. The van der Waals surface area contributed by atoms with Crippen LogP contribution in [0.1, 0.15) is 54.9 Å². The quantitative estimate of drug-likeness (QED) is 0.791. The highest BCUT2D eigenvalue weighted by atomic mass is 16.2. The van der Waals surface area contributed by atoms with Crippen molar-refractivity contribution in [1.82, 2.24) is 4.90 Å². The predicted molar refractivity (Wildman–Crippen MR) is 118 cm³/mol. The fourth-order valence-corrected chi connectivity index (χ4v) is 3.95. The van der Waals surface area contributed by atoms with Crippen LogP contribution in [0.15, 0.2) is 42.5 Å². The van der Waals surface area contributed by atoms with Crippen molar-refractivity contribution >= 4 is 17.5 Å². The minimum atomic E-state index is -0.0435. The van der Waals surface area contributed by atoms with Crippen LogP contribution in [0.3, 0.4) is 0 Å². The molecule has 2 aromatic rings. The Morgan fingerprint density at radius 1 is 1.03 bits per heavy atom. The zero-order valence-electron chi connectivity index (χ0n) is 18.0. The van der Waals surface area contributed by atoms with Crippen molar-refractivity contribution in [1.29, 1.82) is 0 Å². The molecule has 0 atom stereocenters. The summed E-state index contributed by atoms with van der Waals surface area (Å²) >= 11 is 0. The fraction of sp³-hybridized carbons (Fsp3) is 0.440. The van der Waals surface area contributed by atoms with Gasteiger partial charge in [0.05, 0.1) is 6.42 Å². The highest BCUT2D eigenvalue weighted by Crippen LogP contribution is 2.29. The van der Waals surface area contributed by atoms with Gasteiger partial charge in [-0.3, -0.25) is 9.59 Å². The molecule has 0 aliphatic carbocycles. The number of nitrogens with one attached hydrogen (secondary N) is 1. The molecule has 1 saturated heterocycles. The summed E-state index contributed by atoms with van der Waals surface area (Å²) in [5, 5.41) is 3.18. The SMILES string of the molecule is Cc1ccc(CC(=O)N2CCC(C(=O)Nc3c(C)cccc3C(C)C)CC2)cc1. The molecular weight excluding hydrogens is 360 g/mol. The number of rotatable bonds is 5. The zero-order chi connectivity index (χ0) is 21.0. The van der Waals surface area contributed by atoms with Crippen molar-refractivity contribution in [3.63, 3.8) is 0 Å². The van der Waals surface area contributed by atoms with Gasteiger partial charge in [0.15, 0.2) is 0 Å². The number of carbonyl (C=O) groups is 2. The van der Waals surface area contributed by atoms with Crippen molar-refractivity contribution in [2.75, 3.05) is 18.4 Å². The summed E-state index contributed by atoms with van der Waals surface area (Å²) in [7, 11) is 0. The number of para-hydroxylation sites is 1. The Labute approximate surface area is 174 Å². The molecule has 0 aromatic heterocycles. The third kappa shape index (κ3) is 5.26. The first kappa shape index (κ1) is 21.1. The topological polar surface area (TPSA) is 49.4 Å².